The van der Waals surface area contributed by atoms with Crippen LogP contribution in [0.5, 0.6) is 0 Å². The largest absolute Gasteiger partial charge is 0.416 e. The molecule has 2 atom stereocenters. The van der Waals surface area contributed by atoms with Crippen molar-refractivity contribution in [2.75, 3.05) is 39.8 Å². The van der Waals surface area contributed by atoms with Gasteiger partial charge >= 0.3 is 12.4 Å². The molecule has 3 amide bonds. The maximum atomic E-state index is 14.0. The first-order chi connectivity index (χ1) is 21.0. The highest BCUT2D eigenvalue weighted by molar-refractivity contribution is 5.83. The zero-order valence-electron chi connectivity index (χ0n) is 24.7. The third-order valence-corrected chi connectivity index (χ3v) is 8.65. The molecule has 0 radical (unpaired) electrons. The van der Waals surface area contributed by atoms with Crippen LogP contribution in [0.1, 0.15) is 53.0 Å². The Labute approximate surface area is 255 Å². The number of hydrogen-bond acceptors (Lipinski definition) is 4. The van der Waals surface area contributed by atoms with Crippen molar-refractivity contribution in [2.24, 2.45) is 11.8 Å². The van der Waals surface area contributed by atoms with Crippen molar-refractivity contribution in [2.45, 2.75) is 51.0 Å². The van der Waals surface area contributed by atoms with Crippen LogP contribution >= 0.6 is 0 Å². The second-order valence-corrected chi connectivity index (χ2v) is 11.7. The van der Waals surface area contributed by atoms with Gasteiger partial charge in [0.25, 0.3) is 0 Å². The van der Waals surface area contributed by atoms with Gasteiger partial charge in [0.15, 0.2) is 0 Å². The molecule has 246 valence electrons. The van der Waals surface area contributed by atoms with Crippen molar-refractivity contribution < 1.29 is 50.2 Å². The first-order valence-corrected chi connectivity index (χ1v) is 14.5. The molecule has 2 aromatic rings. The number of rotatable bonds is 6. The van der Waals surface area contributed by atoms with Gasteiger partial charge in [0.2, 0.25) is 17.7 Å². The van der Waals surface area contributed by atoms with Gasteiger partial charge in [-0.05, 0) is 73.2 Å². The molecular formula is C31H34F7N3O4. The molecular weight excluding hydrogens is 611 g/mol. The molecule has 2 heterocycles. The maximum absolute atomic E-state index is 14.0. The number of piperidine rings is 2. The van der Waals surface area contributed by atoms with Crippen LogP contribution in [0.15, 0.2) is 36.4 Å². The number of likely N-dealkylation sites (tertiary alicyclic amines) is 2. The Bertz CT molecular complexity index is 1390. The van der Waals surface area contributed by atoms with E-state index < -0.39 is 66.1 Å². The predicted octanol–water partition coefficient (Wildman–Crippen LogP) is 4.99. The monoisotopic (exact) mass is 645 g/mol. The lowest BCUT2D eigenvalue weighted by atomic mass is 9.77. The van der Waals surface area contributed by atoms with Gasteiger partial charge in [0.05, 0.1) is 11.1 Å². The summed E-state index contributed by atoms with van der Waals surface area (Å²) in [4.78, 5) is 43.3. The lowest BCUT2D eigenvalue weighted by Gasteiger charge is -2.42. The number of aliphatic hydroxyl groups excluding tert-OH is 1. The average Bonchev–Trinajstić information content (AvgIpc) is 2.98. The lowest BCUT2D eigenvalue weighted by Crippen LogP contribution is -2.51. The summed E-state index contributed by atoms with van der Waals surface area (Å²) in [7, 11) is 1.30. The van der Waals surface area contributed by atoms with Crippen LogP contribution < -0.4 is 0 Å². The van der Waals surface area contributed by atoms with E-state index in [9.17, 15) is 45.1 Å². The van der Waals surface area contributed by atoms with Crippen molar-refractivity contribution >= 4 is 17.7 Å². The summed E-state index contributed by atoms with van der Waals surface area (Å²) in [6, 6.07) is 5.23. The lowest BCUT2D eigenvalue weighted by molar-refractivity contribution is -0.145. The smallest absolute Gasteiger partial charge is 0.387 e. The van der Waals surface area contributed by atoms with E-state index in [0.717, 1.165) is 4.90 Å². The van der Waals surface area contributed by atoms with Crippen LogP contribution in [0.2, 0.25) is 0 Å². The third kappa shape index (κ3) is 7.95. The van der Waals surface area contributed by atoms with Crippen molar-refractivity contribution in [3.63, 3.8) is 0 Å². The van der Waals surface area contributed by atoms with Gasteiger partial charge in [-0.1, -0.05) is 6.07 Å². The Morgan fingerprint density at radius 1 is 0.889 bits per heavy atom. The average molecular weight is 646 g/mol. The second kappa shape index (κ2) is 13.4. The molecule has 2 fully saturated rings. The fraction of sp³-hybridized carbons (Fsp3) is 0.516. The van der Waals surface area contributed by atoms with Crippen LogP contribution in [0.4, 0.5) is 30.7 Å². The van der Waals surface area contributed by atoms with Crippen LogP contribution in [0, 0.1) is 24.6 Å². The number of carbonyl (C=O) groups is 3. The van der Waals surface area contributed by atoms with Gasteiger partial charge in [-0.25, -0.2) is 4.39 Å². The minimum Gasteiger partial charge on any atom is -0.387 e. The molecule has 4 rings (SSSR count). The SMILES string of the molecule is Cc1cc(F)ccc1[C@@H]1CN(C(=O)C2CCN(C(=O)CO)CC2)CC[C@@H]1C(=O)N(C)Cc1cc(C(F)(F)F)cc(C(F)(F)F)c1. The zero-order chi connectivity index (χ0) is 33.3. The van der Waals surface area contributed by atoms with Gasteiger partial charge in [-0.2, -0.15) is 26.3 Å². The molecule has 0 bridgehead atoms. The van der Waals surface area contributed by atoms with E-state index >= 15 is 0 Å². The Morgan fingerprint density at radius 2 is 1.47 bits per heavy atom. The molecule has 7 nitrogen and oxygen atoms in total. The number of carbonyl (C=O) groups excluding carboxylic acids is 3. The molecule has 0 aliphatic carbocycles. The standard InChI is InChI=1S/C31H34F7N3O4/c1-18-11-23(32)3-4-24(18)26-16-41(28(44)20-5-8-40(9-6-20)27(43)17-42)10-7-25(26)29(45)39(2)15-19-12-21(30(33,34)35)14-22(13-19)31(36,37)38/h3-4,11-14,20,25-26,42H,5-10,15-17H2,1-2H3/t25-,26-/m0/s1. The molecule has 0 unspecified atom stereocenters. The van der Waals surface area contributed by atoms with Crippen molar-refractivity contribution in [1.82, 2.24) is 14.7 Å². The van der Waals surface area contributed by atoms with Crippen molar-refractivity contribution in [3.8, 4) is 0 Å². The number of nitrogens with zero attached hydrogens (tertiary/aromatic N) is 3. The molecule has 14 heteroatoms. The summed E-state index contributed by atoms with van der Waals surface area (Å²) in [5, 5.41) is 9.11. The minimum absolute atomic E-state index is 0.0275. The van der Waals surface area contributed by atoms with Gasteiger partial charge < -0.3 is 19.8 Å². The van der Waals surface area contributed by atoms with Crippen LogP contribution in [0.3, 0.4) is 0 Å². The minimum atomic E-state index is -5.03. The van der Waals surface area contributed by atoms with E-state index in [1.807, 2.05) is 0 Å². The van der Waals surface area contributed by atoms with Gasteiger partial charge in [0, 0.05) is 57.5 Å². The Kier molecular flexibility index (Phi) is 10.1. The van der Waals surface area contributed by atoms with E-state index in [1.165, 1.54) is 30.1 Å². The Balaban J connectivity index is 1.56. The Morgan fingerprint density at radius 3 is 2.00 bits per heavy atom. The number of aryl methyl sites for hydroxylation is 1. The van der Waals surface area contributed by atoms with Gasteiger partial charge in [0.1, 0.15) is 12.4 Å². The van der Waals surface area contributed by atoms with Crippen LogP contribution in [0.25, 0.3) is 0 Å². The van der Waals surface area contributed by atoms with Crippen molar-refractivity contribution in [3.05, 3.63) is 70.0 Å². The number of halogens is 7. The molecule has 2 saturated heterocycles. The quantitative estimate of drug-likeness (QED) is 0.449. The van der Waals surface area contributed by atoms with E-state index in [-0.39, 0.29) is 43.0 Å². The van der Waals surface area contributed by atoms with Crippen LogP contribution in [-0.4, -0.2) is 77.4 Å². The van der Waals surface area contributed by atoms with Gasteiger partial charge in [-0.3, -0.25) is 14.4 Å². The van der Waals surface area contributed by atoms with E-state index in [2.05, 4.69) is 0 Å². The summed E-state index contributed by atoms with van der Waals surface area (Å²) < 4.78 is 94.4. The number of aliphatic hydroxyl groups is 1. The summed E-state index contributed by atoms with van der Waals surface area (Å²) in [5.41, 5.74) is -2.18. The summed E-state index contributed by atoms with van der Waals surface area (Å²) in [6.45, 7) is 1.39. The van der Waals surface area contributed by atoms with Crippen LogP contribution in [-0.2, 0) is 33.3 Å². The molecule has 45 heavy (non-hydrogen) atoms. The number of alkyl halides is 6. The van der Waals surface area contributed by atoms with E-state index in [4.69, 9.17) is 5.11 Å². The zero-order valence-corrected chi connectivity index (χ0v) is 24.7. The molecule has 2 aromatic carbocycles. The summed E-state index contributed by atoms with van der Waals surface area (Å²) in [5.74, 6) is -3.43. The molecule has 0 saturated carbocycles. The van der Waals surface area contributed by atoms with E-state index in [0.29, 0.717) is 49.2 Å². The first kappa shape index (κ1) is 34.2. The van der Waals surface area contributed by atoms with Gasteiger partial charge in [-0.15, -0.1) is 0 Å². The highest BCUT2D eigenvalue weighted by Gasteiger charge is 2.41. The maximum Gasteiger partial charge on any atom is 0.416 e. The molecule has 1 N–H and O–H groups in total. The summed E-state index contributed by atoms with van der Waals surface area (Å²) in [6.07, 6.45) is -9.12. The third-order valence-electron chi connectivity index (χ3n) is 8.65. The second-order valence-electron chi connectivity index (χ2n) is 11.7. The molecule has 2 aliphatic heterocycles. The number of amides is 3. The Hall–Kier alpha value is -3.68. The molecule has 0 spiro atoms. The molecule has 2 aliphatic rings. The predicted molar refractivity (Wildman–Crippen MR) is 148 cm³/mol. The summed E-state index contributed by atoms with van der Waals surface area (Å²) >= 11 is 0. The fourth-order valence-electron chi connectivity index (χ4n) is 6.30. The van der Waals surface area contributed by atoms with Crippen molar-refractivity contribution in [1.29, 1.82) is 0 Å². The topological polar surface area (TPSA) is 81.2 Å². The first-order valence-electron chi connectivity index (χ1n) is 14.5. The highest BCUT2D eigenvalue weighted by Crippen LogP contribution is 2.39. The highest BCUT2D eigenvalue weighted by atomic mass is 19.4. The molecule has 0 aromatic heterocycles. The fourth-order valence-corrected chi connectivity index (χ4v) is 6.30. The number of hydrogen-bond donors (Lipinski definition) is 1. The number of benzene rings is 2. The van der Waals surface area contributed by atoms with E-state index in [1.54, 1.807) is 11.8 Å². The normalized spacial score (nSPS) is 19.9.